The van der Waals surface area contributed by atoms with Crippen LogP contribution in [0.3, 0.4) is 0 Å². The summed E-state index contributed by atoms with van der Waals surface area (Å²) >= 11 is 4.99. The Morgan fingerprint density at radius 3 is 2.92 bits per heavy atom. The average molecular weight is 195 g/mol. The van der Waals surface area contributed by atoms with E-state index in [0.717, 1.165) is 5.56 Å². The summed E-state index contributed by atoms with van der Waals surface area (Å²) in [6.07, 6.45) is 3.59. The lowest BCUT2D eigenvalue weighted by molar-refractivity contribution is 0.706. The van der Waals surface area contributed by atoms with Crippen LogP contribution in [0.15, 0.2) is 24.5 Å². The molecule has 2 N–H and O–H groups in total. The van der Waals surface area contributed by atoms with E-state index >= 15 is 0 Å². The number of hydrogen-bond acceptors (Lipinski definition) is 2. The maximum atomic E-state index is 4.99. The lowest BCUT2D eigenvalue weighted by Crippen LogP contribution is -2.34. The molecule has 70 valence electrons. The highest BCUT2D eigenvalue weighted by molar-refractivity contribution is 7.80. The van der Waals surface area contributed by atoms with Gasteiger partial charge in [-0.25, -0.2) is 0 Å². The standard InChI is InChI=1S/C9H13N3S/c1-7(12-9(13)10-2)8-4-3-5-11-6-8/h3-7H,1-2H3,(H2,10,12,13)/t7-/m1/s1. The van der Waals surface area contributed by atoms with Gasteiger partial charge in [0.2, 0.25) is 0 Å². The lowest BCUT2D eigenvalue weighted by Gasteiger charge is -2.14. The summed E-state index contributed by atoms with van der Waals surface area (Å²) in [7, 11) is 1.80. The molecule has 0 spiro atoms. The van der Waals surface area contributed by atoms with Gasteiger partial charge in [-0.1, -0.05) is 6.07 Å². The Morgan fingerprint density at radius 1 is 1.62 bits per heavy atom. The van der Waals surface area contributed by atoms with Crippen molar-refractivity contribution in [2.24, 2.45) is 0 Å². The van der Waals surface area contributed by atoms with Gasteiger partial charge in [0.05, 0.1) is 6.04 Å². The van der Waals surface area contributed by atoms with Crippen molar-refractivity contribution in [1.29, 1.82) is 0 Å². The first-order valence-electron chi connectivity index (χ1n) is 4.12. The molecule has 1 atom stereocenters. The van der Waals surface area contributed by atoms with Gasteiger partial charge in [0, 0.05) is 19.4 Å². The highest BCUT2D eigenvalue weighted by Crippen LogP contribution is 2.08. The summed E-state index contributed by atoms with van der Waals surface area (Å²) < 4.78 is 0. The second-order valence-electron chi connectivity index (χ2n) is 2.73. The smallest absolute Gasteiger partial charge is 0.166 e. The third-order valence-electron chi connectivity index (χ3n) is 1.76. The average Bonchev–Trinajstić information content (AvgIpc) is 2.19. The minimum absolute atomic E-state index is 0.189. The predicted octanol–water partition coefficient (Wildman–Crippen LogP) is 1.24. The molecule has 13 heavy (non-hydrogen) atoms. The normalized spacial score (nSPS) is 11.8. The Kier molecular flexibility index (Phi) is 3.64. The molecule has 1 rings (SSSR count). The van der Waals surface area contributed by atoms with Gasteiger partial charge in [0.1, 0.15) is 0 Å². The molecular formula is C9H13N3S. The van der Waals surface area contributed by atoms with E-state index in [4.69, 9.17) is 12.2 Å². The summed E-state index contributed by atoms with van der Waals surface area (Å²) in [4.78, 5) is 4.04. The fourth-order valence-corrected chi connectivity index (χ4v) is 1.16. The van der Waals surface area contributed by atoms with Crippen molar-refractivity contribution in [3.05, 3.63) is 30.1 Å². The monoisotopic (exact) mass is 195 g/mol. The molecule has 0 radical (unpaired) electrons. The van der Waals surface area contributed by atoms with Crippen molar-refractivity contribution in [3.8, 4) is 0 Å². The van der Waals surface area contributed by atoms with Gasteiger partial charge in [0.25, 0.3) is 0 Å². The van der Waals surface area contributed by atoms with E-state index < -0.39 is 0 Å². The molecule has 3 nitrogen and oxygen atoms in total. The zero-order valence-corrected chi connectivity index (χ0v) is 8.56. The van der Waals surface area contributed by atoms with Crippen LogP contribution in [0.5, 0.6) is 0 Å². The highest BCUT2D eigenvalue weighted by Gasteiger charge is 2.04. The Balaban J connectivity index is 2.59. The predicted molar refractivity (Wildman–Crippen MR) is 57.4 cm³/mol. The second kappa shape index (κ2) is 4.77. The first-order chi connectivity index (χ1) is 6.24. The molecule has 1 heterocycles. The summed E-state index contributed by atoms with van der Waals surface area (Å²) in [5.41, 5.74) is 1.13. The number of aromatic nitrogens is 1. The van der Waals surface area contributed by atoms with Crippen molar-refractivity contribution in [2.45, 2.75) is 13.0 Å². The van der Waals surface area contributed by atoms with Gasteiger partial charge in [-0.15, -0.1) is 0 Å². The fourth-order valence-electron chi connectivity index (χ4n) is 0.984. The van der Waals surface area contributed by atoms with Gasteiger partial charge < -0.3 is 10.6 Å². The molecule has 0 aromatic carbocycles. The van der Waals surface area contributed by atoms with Crippen molar-refractivity contribution >= 4 is 17.3 Å². The molecule has 0 saturated carbocycles. The molecular weight excluding hydrogens is 182 g/mol. The number of hydrogen-bond donors (Lipinski definition) is 2. The van der Waals surface area contributed by atoms with Crippen LogP contribution in [0.1, 0.15) is 18.5 Å². The molecule has 0 fully saturated rings. The van der Waals surface area contributed by atoms with Gasteiger partial charge in [0.15, 0.2) is 5.11 Å². The molecule has 0 aliphatic rings. The molecule has 0 saturated heterocycles. The number of nitrogens with zero attached hydrogens (tertiary/aromatic N) is 1. The zero-order valence-electron chi connectivity index (χ0n) is 7.74. The van der Waals surface area contributed by atoms with Gasteiger partial charge in [-0.3, -0.25) is 4.98 Å². The third kappa shape index (κ3) is 2.99. The van der Waals surface area contributed by atoms with Crippen LogP contribution >= 0.6 is 12.2 Å². The number of nitrogens with one attached hydrogen (secondary N) is 2. The van der Waals surface area contributed by atoms with Crippen molar-refractivity contribution in [2.75, 3.05) is 7.05 Å². The Morgan fingerprint density at radius 2 is 2.38 bits per heavy atom. The molecule has 4 heteroatoms. The summed E-state index contributed by atoms with van der Waals surface area (Å²) in [5.74, 6) is 0. The van der Waals surface area contributed by atoms with Crippen LogP contribution in [-0.2, 0) is 0 Å². The van der Waals surface area contributed by atoms with Crippen LogP contribution in [-0.4, -0.2) is 17.1 Å². The van der Waals surface area contributed by atoms with E-state index in [1.165, 1.54) is 0 Å². The highest BCUT2D eigenvalue weighted by atomic mass is 32.1. The number of rotatable bonds is 2. The number of thiocarbonyl (C=S) groups is 1. The number of pyridine rings is 1. The van der Waals surface area contributed by atoms with Crippen LogP contribution in [0.25, 0.3) is 0 Å². The fraction of sp³-hybridized carbons (Fsp3) is 0.333. The van der Waals surface area contributed by atoms with Gasteiger partial charge >= 0.3 is 0 Å². The van der Waals surface area contributed by atoms with E-state index in [1.807, 2.05) is 25.3 Å². The summed E-state index contributed by atoms with van der Waals surface area (Å²) in [6.45, 7) is 2.04. The minimum Gasteiger partial charge on any atom is -0.366 e. The largest absolute Gasteiger partial charge is 0.366 e. The molecule has 0 aliphatic heterocycles. The molecule has 1 aromatic rings. The van der Waals surface area contributed by atoms with E-state index in [-0.39, 0.29) is 6.04 Å². The van der Waals surface area contributed by atoms with E-state index in [0.29, 0.717) is 5.11 Å². The SMILES string of the molecule is CNC(=S)N[C@H](C)c1cccnc1. The molecule has 1 aromatic heterocycles. The first-order valence-corrected chi connectivity index (χ1v) is 4.53. The first kappa shape index (κ1) is 9.92. The summed E-state index contributed by atoms with van der Waals surface area (Å²) in [6, 6.07) is 4.12. The Bertz CT molecular complexity index is 273. The van der Waals surface area contributed by atoms with Crippen LogP contribution in [0.2, 0.25) is 0 Å². The maximum Gasteiger partial charge on any atom is 0.166 e. The summed E-state index contributed by atoms with van der Waals surface area (Å²) in [5, 5.41) is 6.64. The van der Waals surface area contributed by atoms with Crippen LogP contribution < -0.4 is 10.6 Å². The Hall–Kier alpha value is -1.16. The maximum absolute atomic E-state index is 4.99. The molecule has 0 unspecified atom stereocenters. The van der Waals surface area contributed by atoms with Gasteiger partial charge in [-0.05, 0) is 30.8 Å². The zero-order chi connectivity index (χ0) is 9.68. The van der Waals surface area contributed by atoms with Crippen LogP contribution in [0, 0.1) is 0 Å². The molecule has 0 amide bonds. The Labute approximate surface area is 83.6 Å². The molecule has 0 bridgehead atoms. The van der Waals surface area contributed by atoms with Crippen molar-refractivity contribution < 1.29 is 0 Å². The topological polar surface area (TPSA) is 37.0 Å². The quantitative estimate of drug-likeness (QED) is 0.696. The van der Waals surface area contributed by atoms with Gasteiger partial charge in [-0.2, -0.15) is 0 Å². The van der Waals surface area contributed by atoms with Crippen molar-refractivity contribution in [3.63, 3.8) is 0 Å². The second-order valence-corrected chi connectivity index (χ2v) is 3.14. The minimum atomic E-state index is 0.189. The lowest BCUT2D eigenvalue weighted by atomic mass is 10.1. The van der Waals surface area contributed by atoms with E-state index in [9.17, 15) is 0 Å². The van der Waals surface area contributed by atoms with Crippen molar-refractivity contribution in [1.82, 2.24) is 15.6 Å². The van der Waals surface area contributed by atoms with E-state index in [1.54, 1.807) is 13.2 Å². The molecule has 0 aliphatic carbocycles. The third-order valence-corrected chi connectivity index (χ3v) is 2.08. The van der Waals surface area contributed by atoms with E-state index in [2.05, 4.69) is 15.6 Å². The van der Waals surface area contributed by atoms with Crippen LogP contribution in [0.4, 0.5) is 0 Å².